The second-order valence-electron chi connectivity index (χ2n) is 5.45. The van der Waals surface area contributed by atoms with Crippen molar-refractivity contribution in [2.75, 3.05) is 7.11 Å². The number of rotatable bonds is 3. The molecule has 0 radical (unpaired) electrons. The van der Waals surface area contributed by atoms with Crippen LogP contribution in [0.25, 0.3) is 0 Å². The van der Waals surface area contributed by atoms with Crippen LogP contribution in [0.1, 0.15) is 27.7 Å². The van der Waals surface area contributed by atoms with Crippen LogP contribution in [0.5, 0.6) is 0 Å². The zero-order valence-corrected chi connectivity index (χ0v) is 9.94. The van der Waals surface area contributed by atoms with E-state index in [0.29, 0.717) is 0 Å². The maximum atomic E-state index is 11.4. The minimum atomic E-state index is -1.19. The molecule has 4 nitrogen and oxygen atoms in total. The van der Waals surface area contributed by atoms with Crippen LogP contribution in [0.15, 0.2) is 0 Å². The lowest BCUT2D eigenvalue weighted by molar-refractivity contribution is -0.144. The lowest BCUT2D eigenvalue weighted by atomic mass is 9.93. The molecule has 88 valence electrons. The highest BCUT2D eigenvalue weighted by Crippen LogP contribution is 2.61. The van der Waals surface area contributed by atoms with Gasteiger partial charge in [-0.3, -0.25) is 4.79 Å². The van der Waals surface area contributed by atoms with Crippen LogP contribution in [0, 0.1) is 17.3 Å². The fourth-order valence-corrected chi connectivity index (χ4v) is 2.28. The summed E-state index contributed by atoms with van der Waals surface area (Å²) >= 11 is 0. The van der Waals surface area contributed by atoms with Crippen molar-refractivity contribution in [3.05, 3.63) is 0 Å². The van der Waals surface area contributed by atoms with E-state index < -0.39 is 11.7 Å². The average Bonchev–Trinajstić information content (AvgIpc) is 2.64. The van der Waals surface area contributed by atoms with Gasteiger partial charge in [0, 0.05) is 5.92 Å². The van der Waals surface area contributed by atoms with Gasteiger partial charge in [-0.2, -0.15) is 0 Å². The number of carbonyl (C=O) groups excluding carboxylic acids is 1. The van der Waals surface area contributed by atoms with Crippen molar-refractivity contribution in [2.24, 2.45) is 17.3 Å². The first-order valence-corrected chi connectivity index (χ1v) is 5.12. The van der Waals surface area contributed by atoms with Crippen LogP contribution in [0.3, 0.4) is 0 Å². The van der Waals surface area contributed by atoms with Gasteiger partial charge in [-0.1, -0.05) is 13.8 Å². The van der Waals surface area contributed by atoms with Crippen molar-refractivity contribution in [1.82, 2.24) is 0 Å². The largest absolute Gasteiger partial charge is 0.469 e. The molecule has 1 unspecified atom stereocenters. The van der Waals surface area contributed by atoms with Crippen LogP contribution < -0.4 is 0 Å². The molecular formula is C11H20O4. The Hall–Kier alpha value is -0.610. The quantitative estimate of drug-likeness (QED) is 0.677. The second-order valence-corrected chi connectivity index (χ2v) is 5.45. The van der Waals surface area contributed by atoms with Gasteiger partial charge in [-0.25, -0.2) is 0 Å². The van der Waals surface area contributed by atoms with Gasteiger partial charge in [0.1, 0.15) is 0 Å². The minimum absolute atomic E-state index is 0.232. The second kappa shape index (κ2) is 3.46. The Bertz CT molecular complexity index is 264. The van der Waals surface area contributed by atoms with E-state index in [-0.39, 0.29) is 23.2 Å². The van der Waals surface area contributed by atoms with Gasteiger partial charge in [-0.15, -0.1) is 0 Å². The van der Waals surface area contributed by atoms with Gasteiger partial charge in [-0.05, 0) is 19.3 Å². The molecule has 1 aliphatic rings. The predicted octanol–water partition coefficient (Wildman–Crippen LogP) is 0.563. The zero-order valence-electron chi connectivity index (χ0n) is 9.94. The topological polar surface area (TPSA) is 66.8 Å². The third-order valence-electron chi connectivity index (χ3n) is 3.43. The summed E-state index contributed by atoms with van der Waals surface area (Å²) in [6.45, 7) is 6.88. The molecule has 15 heavy (non-hydrogen) atoms. The number of hydrogen-bond donors (Lipinski definition) is 2. The molecule has 0 saturated heterocycles. The van der Waals surface area contributed by atoms with Crippen molar-refractivity contribution in [2.45, 2.75) is 39.4 Å². The Labute approximate surface area is 90.2 Å². The van der Waals surface area contributed by atoms with Crippen LogP contribution in [-0.4, -0.2) is 35.0 Å². The lowest BCUT2D eigenvalue weighted by Gasteiger charge is -2.25. The van der Waals surface area contributed by atoms with Gasteiger partial charge in [0.25, 0.3) is 0 Å². The van der Waals surface area contributed by atoms with Crippen molar-refractivity contribution < 1.29 is 19.7 Å². The standard InChI is InChI=1S/C11H20O4/c1-10(2)6(7(10)9(13)15-5)8(12)11(3,4)14/h6-8,12,14H,1-5H3/t6-,7-,8?/m0/s1. The third kappa shape index (κ3) is 2.01. The maximum Gasteiger partial charge on any atom is 0.309 e. The molecule has 0 bridgehead atoms. The first-order chi connectivity index (χ1) is 6.64. The van der Waals surface area contributed by atoms with Gasteiger partial charge in [0.05, 0.1) is 24.7 Å². The molecule has 0 aromatic carbocycles. The maximum absolute atomic E-state index is 11.4. The van der Waals surface area contributed by atoms with E-state index in [0.717, 1.165) is 0 Å². The monoisotopic (exact) mass is 216 g/mol. The Morgan fingerprint density at radius 2 is 1.93 bits per heavy atom. The number of hydrogen-bond acceptors (Lipinski definition) is 4. The Kier molecular flexibility index (Phi) is 2.87. The van der Waals surface area contributed by atoms with Crippen LogP contribution in [0.4, 0.5) is 0 Å². The summed E-state index contributed by atoms with van der Waals surface area (Å²) in [5.74, 6) is -0.859. The molecule has 0 aromatic rings. The van der Waals surface area contributed by atoms with E-state index in [1.807, 2.05) is 13.8 Å². The van der Waals surface area contributed by atoms with Gasteiger partial charge < -0.3 is 14.9 Å². The molecule has 0 aliphatic heterocycles. The van der Waals surface area contributed by atoms with E-state index in [2.05, 4.69) is 4.74 Å². The molecular weight excluding hydrogens is 196 g/mol. The fraction of sp³-hybridized carbons (Fsp3) is 0.909. The molecule has 0 aromatic heterocycles. The van der Waals surface area contributed by atoms with Crippen LogP contribution in [-0.2, 0) is 9.53 Å². The first-order valence-electron chi connectivity index (χ1n) is 5.12. The predicted molar refractivity (Wildman–Crippen MR) is 55.1 cm³/mol. The van der Waals surface area contributed by atoms with Crippen molar-refractivity contribution in [1.29, 1.82) is 0 Å². The number of methoxy groups -OCH3 is 1. The Morgan fingerprint density at radius 3 is 2.27 bits per heavy atom. The Morgan fingerprint density at radius 1 is 1.47 bits per heavy atom. The van der Waals surface area contributed by atoms with E-state index in [1.165, 1.54) is 7.11 Å². The molecule has 1 rings (SSSR count). The van der Waals surface area contributed by atoms with E-state index >= 15 is 0 Å². The summed E-state index contributed by atoms with van der Waals surface area (Å²) < 4.78 is 4.67. The fourth-order valence-electron chi connectivity index (χ4n) is 2.28. The molecule has 3 atom stereocenters. The summed E-state index contributed by atoms with van der Waals surface area (Å²) in [4.78, 5) is 11.4. The number of ether oxygens (including phenoxy) is 1. The van der Waals surface area contributed by atoms with E-state index in [4.69, 9.17) is 0 Å². The van der Waals surface area contributed by atoms with Crippen LogP contribution in [0.2, 0.25) is 0 Å². The number of aliphatic hydroxyl groups is 2. The van der Waals surface area contributed by atoms with E-state index in [1.54, 1.807) is 13.8 Å². The highest BCUT2D eigenvalue weighted by atomic mass is 16.5. The van der Waals surface area contributed by atoms with Crippen LogP contribution >= 0.6 is 0 Å². The van der Waals surface area contributed by atoms with E-state index in [9.17, 15) is 15.0 Å². The van der Waals surface area contributed by atoms with Gasteiger partial charge in [0.2, 0.25) is 0 Å². The molecule has 4 heteroatoms. The summed E-state index contributed by atoms with van der Waals surface area (Å²) in [5, 5.41) is 19.6. The smallest absolute Gasteiger partial charge is 0.309 e. The summed E-state index contributed by atoms with van der Waals surface area (Å²) in [6.07, 6.45) is -0.906. The number of esters is 1. The SMILES string of the molecule is COC(=O)[C@@H]1[C@@H](C(O)C(C)(C)O)C1(C)C. The molecule has 0 spiro atoms. The third-order valence-corrected chi connectivity index (χ3v) is 3.43. The zero-order chi connectivity index (χ0) is 12.0. The lowest BCUT2D eigenvalue weighted by Crippen LogP contribution is -2.39. The molecule has 1 aliphatic carbocycles. The van der Waals surface area contributed by atoms with Gasteiger partial charge in [0.15, 0.2) is 0 Å². The normalized spacial score (nSPS) is 30.9. The molecule has 0 amide bonds. The molecule has 0 heterocycles. The summed E-state index contributed by atoms with van der Waals surface area (Å²) in [6, 6.07) is 0. The number of aliphatic hydroxyl groups excluding tert-OH is 1. The van der Waals surface area contributed by atoms with Gasteiger partial charge >= 0.3 is 5.97 Å². The Balaban J connectivity index is 2.79. The minimum Gasteiger partial charge on any atom is -0.469 e. The summed E-state index contributed by atoms with van der Waals surface area (Å²) in [5.41, 5.74) is -1.49. The molecule has 1 fully saturated rings. The highest BCUT2D eigenvalue weighted by Gasteiger charge is 2.67. The number of carbonyl (C=O) groups is 1. The van der Waals surface area contributed by atoms with Crippen molar-refractivity contribution in [3.63, 3.8) is 0 Å². The first kappa shape index (κ1) is 12.5. The van der Waals surface area contributed by atoms with Crippen molar-refractivity contribution in [3.8, 4) is 0 Å². The summed E-state index contributed by atoms with van der Waals surface area (Å²) in [7, 11) is 1.34. The highest BCUT2D eigenvalue weighted by molar-refractivity contribution is 5.77. The molecule has 2 N–H and O–H groups in total. The average molecular weight is 216 g/mol. The molecule has 1 saturated carbocycles. The van der Waals surface area contributed by atoms with Crippen molar-refractivity contribution >= 4 is 5.97 Å².